The average Bonchev–Trinajstić information content (AvgIpc) is 3.58. The Morgan fingerprint density at radius 2 is 0.880 bits per heavy atom. The van der Waals surface area contributed by atoms with E-state index in [-0.39, 0.29) is 0 Å². The molecule has 0 atom stereocenters. The normalized spacial score (nSPS) is 11.6. The highest BCUT2D eigenvalue weighted by molar-refractivity contribution is 6.21. The van der Waals surface area contributed by atoms with Gasteiger partial charge in [-0.1, -0.05) is 146 Å². The van der Waals surface area contributed by atoms with Gasteiger partial charge >= 0.3 is 0 Å². The first-order valence-corrected chi connectivity index (χ1v) is 17.1. The summed E-state index contributed by atoms with van der Waals surface area (Å²) in [6.07, 6.45) is 0. The van der Waals surface area contributed by atoms with E-state index in [1.54, 1.807) is 0 Å². The van der Waals surface area contributed by atoms with Crippen LogP contribution < -0.4 is 4.90 Å². The summed E-state index contributed by atoms with van der Waals surface area (Å²) in [5.74, 6) is 0. The van der Waals surface area contributed by atoms with Crippen molar-refractivity contribution in [1.82, 2.24) is 0 Å². The van der Waals surface area contributed by atoms with E-state index in [4.69, 9.17) is 4.42 Å². The van der Waals surface area contributed by atoms with E-state index in [0.717, 1.165) is 50.1 Å². The minimum absolute atomic E-state index is 0.912. The number of para-hydroxylation sites is 3. The molecule has 0 spiro atoms. The van der Waals surface area contributed by atoms with Crippen molar-refractivity contribution in [3.8, 4) is 22.3 Å². The predicted octanol–water partition coefficient (Wildman–Crippen LogP) is 13.8. The van der Waals surface area contributed by atoms with Gasteiger partial charge in [0.15, 0.2) is 0 Å². The Balaban J connectivity index is 1.06. The number of hydrogen-bond acceptors (Lipinski definition) is 2. The highest BCUT2D eigenvalue weighted by atomic mass is 16.3. The number of rotatable bonds is 5. The lowest BCUT2D eigenvalue weighted by Gasteiger charge is -2.26. The fraction of sp³-hybridized carbons (Fsp3) is 0. The van der Waals surface area contributed by atoms with Crippen molar-refractivity contribution < 1.29 is 4.42 Å². The van der Waals surface area contributed by atoms with Gasteiger partial charge in [0.05, 0.1) is 0 Å². The lowest BCUT2D eigenvalue weighted by molar-refractivity contribution is 0.670. The Morgan fingerprint density at radius 1 is 0.320 bits per heavy atom. The standard InChI is InChI=1S/C48H31NO/c1-2-12-36(13-3-1)49(38-28-22-34(23-29-38)41-17-9-18-45-43-15-6-7-19-46(43)50-48(41)45)37-26-20-33(21-27-37)40-16-8-11-35-25-30-42-39-14-5-4-10-32(39)24-31-44(42)47(35)40/h1-31H. The van der Waals surface area contributed by atoms with Gasteiger partial charge in [0, 0.05) is 33.4 Å². The molecular weight excluding hydrogens is 607 g/mol. The Morgan fingerprint density at radius 3 is 1.68 bits per heavy atom. The molecule has 0 radical (unpaired) electrons. The monoisotopic (exact) mass is 637 g/mol. The molecule has 0 aliphatic carbocycles. The van der Waals surface area contributed by atoms with Gasteiger partial charge in [0.25, 0.3) is 0 Å². The summed E-state index contributed by atoms with van der Waals surface area (Å²) >= 11 is 0. The van der Waals surface area contributed by atoms with Crippen molar-refractivity contribution in [2.24, 2.45) is 0 Å². The van der Waals surface area contributed by atoms with Crippen LogP contribution in [0.4, 0.5) is 17.1 Å². The van der Waals surface area contributed by atoms with Gasteiger partial charge in [-0.25, -0.2) is 0 Å². The van der Waals surface area contributed by atoms with E-state index in [9.17, 15) is 0 Å². The van der Waals surface area contributed by atoms with E-state index in [2.05, 4.69) is 181 Å². The summed E-state index contributed by atoms with van der Waals surface area (Å²) in [5, 5.41) is 9.94. The van der Waals surface area contributed by atoms with Gasteiger partial charge in [-0.3, -0.25) is 0 Å². The number of fused-ring (bicyclic) bond motifs is 8. The first-order valence-electron chi connectivity index (χ1n) is 17.1. The number of nitrogens with zero attached hydrogens (tertiary/aromatic N) is 1. The molecule has 1 heterocycles. The van der Waals surface area contributed by atoms with E-state index in [1.807, 2.05) is 12.1 Å². The van der Waals surface area contributed by atoms with Crippen molar-refractivity contribution >= 4 is 71.3 Å². The molecule has 10 aromatic rings. The molecule has 234 valence electrons. The van der Waals surface area contributed by atoms with Crippen molar-refractivity contribution in [3.63, 3.8) is 0 Å². The van der Waals surface area contributed by atoms with Gasteiger partial charge in [-0.15, -0.1) is 0 Å². The zero-order valence-corrected chi connectivity index (χ0v) is 27.3. The molecule has 1 aromatic heterocycles. The van der Waals surface area contributed by atoms with E-state index < -0.39 is 0 Å². The van der Waals surface area contributed by atoms with Crippen LogP contribution in [0.2, 0.25) is 0 Å². The maximum atomic E-state index is 6.36. The van der Waals surface area contributed by atoms with Crippen LogP contribution in [0.25, 0.3) is 76.5 Å². The smallest absolute Gasteiger partial charge is 0.143 e. The van der Waals surface area contributed by atoms with E-state index >= 15 is 0 Å². The van der Waals surface area contributed by atoms with Crippen LogP contribution in [0.1, 0.15) is 0 Å². The summed E-state index contributed by atoms with van der Waals surface area (Å²) in [7, 11) is 0. The van der Waals surface area contributed by atoms with Crippen LogP contribution in [0.3, 0.4) is 0 Å². The van der Waals surface area contributed by atoms with Crippen LogP contribution in [0, 0.1) is 0 Å². The number of anilines is 3. The quantitative estimate of drug-likeness (QED) is 0.175. The van der Waals surface area contributed by atoms with Crippen LogP contribution >= 0.6 is 0 Å². The molecule has 10 rings (SSSR count). The van der Waals surface area contributed by atoms with Crippen molar-refractivity contribution in [2.45, 2.75) is 0 Å². The molecule has 50 heavy (non-hydrogen) atoms. The average molecular weight is 638 g/mol. The lowest BCUT2D eigenvalue weighted by atomic mass is 9.91. The fourth-order valence-corrected chi connectivity index (χ4v) is 7.70. The number of benzene rings is 9. The summed E-state index contributed by atoms with van der Waals surface area (Å²) in [5.41, 5.74) is 9.79. The van der Waals surface area contributed by atoms with Crippen LogP contribution in [0.5, 0.6) is 0 Å². The Hall–Kier alpha value is -6.64. The van der Waals surface area contributed by atoms with E-state index in [0.29, 0.717) is 0 Å². The van der Waals surface area contributed by atoms with Crippen molar-refractivity contribution in [2.75, 3.05) is 4.90 Å². The predicted molar refractivity (Wildman–Crippen MR) is 212 cm³/mol. The van der Waals surface area contributed by atoms with Gasteiger partial charge in [0.2, 0.25) is 0 Å². The summed E-state index contributed by atoms with van der Waals surface area (Å²) in [6.45, 7) is 0. The molecule has 0 aliphatic rings. The molecule has 2 heteroatoms. The summed E-state index contributed by atoms with van der Waals surface area (Å²) in [6, 6.07) is 67.4. The topological polar surface area (TPSA) is 16.4 Å². The highest BCUT2D eigenvalue weighted by Gasteiger charge is 2.16. The third-order valence-electron chi connectivity index (χ3n) is 10.1. The fourth-order valence-electron chi connectivity index (χ4n) is 7.70. The Kier molecular flexibility index (Phi) is 6.53. The zero-order chi connectivity index (χ0) is 33.0. The Labute approximate surface area is 290 Å². The molecule has 9 aromatic carbocycles. The van der Waals surface area contributed by atoms with Crippen LogP contribution in [0.15, 0.2) is 192 Å². The Bertz CT molecular complexity index is 2850. The second-order valence-corrected chi connectivity index (χ2v) is 12.9. The number of hydrogen-bond donors (Lipinski definition) is 0. The van der Waals surface area contributed by atoms with Crippen molar-refractivity contribution in [1.29, 1.82) is 0 Å². The van der Waals surface area contributed by atoms with Gasteiger partial charge in [0.1, 0.15) is 11.2 Å². The molecule has 0 amide bonds. The molecule has 0 bridgehead atoms. The molecule has 2 nitrogen and oxygen atoms in total. The molecule has 0 unspecified atom stereocenters. The SMILES string of the molecule is c1ccc(N(c2ccc(-c3cccc4c3oc3ccccc34)cc2)c2ccc(-c3cccc4ccc5c6ccccc6ccc5c34)cc2)cc1. The number of furan rings is 1. The van der Waals surface area contributed by atoms with Gasteiger partial charge in [-0.05, 0) is 91.5 Å². The first kappa shape index (κ1) is 28.4. The largest absolute Gasteiger partial charge is 0.455 e. The van der Waals surface area contributed by atoms with Gasteiger partial charge < -0.3 is 9.32 Å². The molecule has 0 saturated carbocycles. The maximum Gasteiger partial charge on any atom is 0.143 e. The molecule has 0 N–H and O–H groups in total. The van der Waals surface area contributed by atoms with Crippen LogP contribution in [-0.4, -0.2) is 0 Å². The second-order valence-electron chi connectivity index (χ2n) is 12.9. The summed E-state index contributed by atoms with van der Waals surface area (Å²) < 4.78 is 6.36. The third-order valence-corrected chi connectivity index (χ3v) is 10.1. The molecule has 0 aliphatic heterocycles. The minimum Gasteiger partial charge on any atom is -0.455 e. The lowest BCUT2D eigenvalue weighted by Crippen LogP contribution is -2.09. The first-order chi connectivity index (χ1) is 24.8. The van der Waals surface area contributed by atoms with E-state index in [1.165, 1.54) is 43.4 Å². The highest BCUT2D eigenvalue weighted by Crippen LogP contribution is 2.41. The molecule has 0 fully saturated rings. The van der Waals surface area contributed by atoms with Crippen LogP contribution in [-0.2, 0) is 0 Å². The summed E-state index contributed by atoms with van der Waals surface area (Å²) in [4.78, 5) is 2.32. The minimum atomic E-state index is 0.912. The zero-order valence-electron chi connectivity index (χ0n) is 27.3. The van der Waals surface area contributed by atoms with Gasteiger partial charge in [-0.2, -0.15) is 0 Å². The molecule has 0 saturated heterocycles. The van der Waals surface area contributed by atoms with Crippen molar-refractivity contribution in [3.05, 3.63) is 188 Å². The molecular formula is C48H31NO. The second kappa shape index (κ2) is 11.5. The third kappa shape index (κ3) is 4.57. The maximum absolute atomic E-state index is 6.36.